The Hall–Kier alpha value is -0.700. The standard InChI is InChI=1S/C8H9BrN2/c9-7-4-11-8-3-5(10)1-2-6(7)8/h1-4,6,8,11H,10H2. The van der Waals surface area contributed by atoms with Crippen LogP contribution in [0.4, 0.5) is 0 Å². The lowest BCUT2D eigenvalue weighted by molar-refractivity contribution is 0.641. The van der Waals surface area contributed by atoms with E-state index in [0.29, 0.717) is 12.0 Å². The van der Waals surface area contributed by atoms with Gasteiger partial charge in [-0.2, -0.15) is 0 Å². The number of nitrogens with one attached hydrogen (secondary N) is 1. The van der Waals surface area contributed by atoms with Crippen LogP contribution in [0.5, 0.6) is 0 Å². The zero-order chi connectivity index (χ0) is 7.84. The number of allylic oxidation sites excluding steroid dienone is 1. The average molecular weight is 213 g/mol. The van der Waals surface area contributed by atoms with Gasteiger partial charge < -0.3 is 11.1 Å². The van der Waals surface area contributed by atoms with Crippen molar-refractivity contribution in [2.45, 2.75) is 6.04 Å². The third kappa shape index (κ3) is 1.09. The summed E-state index contributed by atoms with van der Waals surface area (Å²) in [6, 6.07) is 0.356. The van der Waals surface area contributed by atoms with Crippen LogP contribution in [0, 0.1) is 5.92 Å². The molecular weight excluding hydrogens is 204 g/mol. The van der Waals surface area contributed by atoms with Crippen LogP contribution in [-0.4, -0.2) is 6.04 Å². The van der Waals surface area contributed by atoms with Crippen LogP contribution in [0.15, 0.2) is 34.6 Å². The summed E-state index contributed by atoms with van der Waals surface area (Å²) in [7, 11) is 0. The fourth-order valence-corrected chi connectivity index (χ4v) is 1.96. The molecule has 0 bridgehead atoms. The van der Waals surface area contributed by atoms with E-state index in [0.717, 1.165) is 5.70 Å². The Kier molecular flexibility index (Phi) is 1.53. The van der Waals surface area contributed by atoms with E-state index in [1.165, 1.54) is 4.48 Å². The molecule has 0 aromatic heterocycles. The molecule has 0 aromatic carbocycles. The Balaban J connectivity index is 2.27. The van der Waals surface area contributed by atoms with Crippen molar-refractivity contribution in [2.75, 3.05) is 0 Å². The van der Waals surface area contributed by atoms with E-state index < -0.39 is 0 Å². The lowest BCUT2D eigenvalue weighted by Gasteiger charge is -2.18. The summed E-state index contributed by atoms with van der Waals surface area (Å²) in [6.45, 7) is 0. The van der Waals surface area contributed by atoms with Gasteiger partial charge in [-0.1, -0.05) is 22.0 Å². The summed E-state index contributed by atoms with van der Waals surface area (Å²) >= 11 is 3.48. The van der Waals surface area contributed by atoms with Crippen LogP contribution in [0.3, 0.4) is 0 Å². The van der Waals surface area contributed by atoms with Gasteiger partial charge in [0.05, 0.1) is 6.04 Å². The first kappa shape index (κ1) is 6.98. The Labute approximate surface area is 74.0 Å². The van der Waals surface area contributed by atoms with Crippen LogP contribution < -0.4 is 11.1 Å². The van der Waals surface area contributed by atoms with Crippen molar-refractivity contribution in [3.63, 3.8) is 0 Å². The number of halogens is 1. The van der Waals surface area contributed by atoms with Crippen LogP contribution in [-0.2, 0) is 0 Å². The highest BCUT2D eigenvalue weighted by Gasteiger charge is 2.26. The highest BCUT2D eigenvalue weighted by molar-refractivity contribution is 9.11. The Bertz CT molecular complexity index is 265. The summed E-state index contributed by atoms with van der Waals surface area (Å²) in [4.78, 5) is 0. The monoisotopic (exact) mass is 212 g/mol. The van der Waals surface area contributed by atoms with Gasteiger partial charge >= 0.3 is 0 Å². The second-order valence-corrected chi connectivity index (χ2v) is 3.69. The van der Waals surface area contributed by atoms with Gasteiger partial charge in [0, 0.05) is 22.3 Å². The van der Waals surface area contributed by atoms with E-state index in [1.807, 2.05) is 18.4 Å². The minimum absolute atomic E-state index is 0.356. The summed E-state index contributed by atoms with van der Waals surface area (Å²) in [5.74, 6) is 0.447. The van der Waals surface area contributed by atoms with Crippen molar-refractivity contribution in [1.29, 1.82) is 0 Å². The van der Waals surface area contributed by atoms with E-state index in [1.54, 1.807) is 0 Å². The summed E-state index contributed by atoms with van der Waals surface area (Å²) in [5.41, 5.74) is 6.47. The number of rotatable bonds is 0. The van der Waals surface area contributed by atoms with Crippen molar-refractivity contribution in [3.05, 3.63) is 34.6 Å². The van der Waals surface area contributed by atoms with Gasteiger partial charge in [0.25, 0.3) is 0 Å². The zero-order valence-corrected chi connectivity index (χ0v) is 7.51. The Morgan fingerprint density at radius 3 is 3.18 bits per heavy atom. The quantitative estimate of drug-likeness (QED) is 0.634. The molecule has 2 atom stereocenters. The summed E-state index contributed by atoms with van der Waals surface area (Å²) in [6.07, 6.45) is 8.08. The minimum Gasteiger partial charge on any atom is -0.399 e. The molecule has 2 unspecified atom stereocenters. The number of hydrogen-bond acceptors (Lipinski definition) is 2. The molecule has 0 saturated heterocycles. The minimum atomic E-state index is 0.356. The first-order chi connectivity index (χ1) is 5.27. The van der Waals surface area contributed by atoms with Crippen molar-refractivity contribution >= 4 is 15.9 Å². The number of nitrogens with two attached hydrogens (primary N) is 1. The normalized spacial score (nSPS) is 33.9. The first-order valence-corrected chi connectivity index (χ1v) is 4.34. The van der Waals surface area contributed by atoms with Crippen molar-refractivity contribution in [3.8, 4) is 0 Å². The molecule has 0 aromatic rings. The second-order valence-electron chi connectivity index (χ2n) is 2.77. The summed E-state index contributed by atoms with van der Waals surface area (Å²) in [5, 5.41) is 3.22. The predicted octanol–water partition coefficient (Wildman–Crippen LogP) is 1.22. The number of hydrogen-bond donors (Lipinski definition) is 2. The van der Waals surface area contributed by atoms with Crippen LogP contribution in [0.25, 0.3) is 0 Å². The van der Waals surface area contributed by atoms with E-state index in [-0.39, 0.29) is 0 Å². The maximum absolute atomic E-state index is 5.63. The lowest BCUT2D eigenvalue weighted by Crippen LogP contribution is -2.27. The van der Waals surface area contributed by atoms with Crippen LogP contribution in [0.2, 0.25) is 0 Å². The van der Waals surface area contributed by atoms with Crippen molar-refractivity contribution in [2.24, 2.45) is 11.7 Å². The molecule has 58 valence electrons. The second kappa shape index (κ2) is 2.41. The number of fused-ring (bicyclic) bond motifs is 1. The van der Waals surface area contributed by atoms with Crippen LogP contribution >= 0.6 is 15.9 Å². The van der Waals surface area contributed by atoms with Gasteiger partial charge in [0.2, 0.25) is 0 Å². The zero-order valence-electron chi connectivity index (χ0n) is 5.92. The Morgan fingerprint density at radius 2 is 2.36 bits per heavy atom. The smallest absolute Gasteiger partial charge is 0.0571 e. The molecule has 0 saturated carbocycles. The summed E-state index contributed by atoms with van der Waals surface area (Å²) < 4.78 is 1.20. The molecule has 0 radical (unpaired) electrons. The third-order valence-electron chi connectivity index (χ3n) is 1.99. The van der Waals surface area contributed by atoms with E-state index in [4.69, 9.17) is 5.73 Å². The molecule has 3 heteroatoms. The van der Waals surface area contributed by atoms with E-state index in [2.05, 4.69) is 27.3 Å². The predicted molar refractivity (Wildman–Crippen MR) is 48.8 cm³/mol. The van der Waals surface area contributed by atoms with Crippen LogP contribution in [0.1, 0.15) is 0 Å². The molecule has 11 heavy (non-hydrogen) atoms. The molecule has 1 heterocycles. The van der Waals surface area contributed by atoms with Crippen molar-refractivity contribution in [1.82, 2.24) is 5.32 Å². The van der Waals surface area contributed by atoms with Gasteiger partial charge in [-0.15, -0.1) is 0 Å². The van der Waals surface area contributed by atoms with Gasteiger partial charge in [-0.05, 0) is 12.2 Å². The first-order valence-electron chi connectivity index (χ1n) is 3.54. The fourth-order valence-electron chi connectivity index (χ4n) is 1.39. The largest absolute Gasteiger partial charge is 0.399 e. The van der Waals surface area contributed by atoms with E-state index in [9.17, 15) is 0 Å². The molecule has 1 aliphatic carbocycles. The van der Waals surface area contributed by atoms with E-state index >= 15 is 0 Å². The van der Waals surface area contributed by atoms with Gasteiger partial charge in [0.1, 0.15) is 0 Å². The molecule has 0 amide bonds. The molecule has 2 aliphatic rings. The fraction of sp³-hybridized carbons (Fsp3) is 0.250. The molecule has 1 aliphatic heterocycles. The maximum Gasteiger partial charge on any atom is 0.0571 e. The van der Waals surface area contributed by atoms with Crippen molar-refractivity contribution < 1.29 is 0 Å². The molecule has 0 fully saturated rings. The van der Waals surface area contributed by atoms with Gasteiger partial charge in [0.15, 0.2) is 0 Å². The molecule has 2 rings (SSSR count). The maximum atomic E-state index is 5.63. The Morgan fingerprint density at radius 1 is 1.55 bits per heavy atom. The molecular formula is C8H9BrN2. The third-order valence-corrected chi connectivity index (χ3v) is 2.74. The lowest BCUT2D eigenvalue weighted by atomic mass is 9.96. The van der Waals surface area contributed by atoms with Gasteiger partial charge in [-0.3, -0.25) is 0 Å². The topological polar surface area (TPSA) is 38.0 Å². The highest BCUT2D eigenvalue weighted by atomic mass is 79.9. The molecule has 3 N–H and O–H groups in total. The average Bonchev–Trinajstić information content (AvgIpc) is 2.32. The molecule has 0 spiro atoms. The molecule has 2 nitrogen and oxygen atoms in total. The SMILES string of the molecule is NC1=CC2NC=C(Br)C2C=C1. The van der Waals surface area contributed by atoms with Gasteiger partial charge in [-0.25, -0.2) is 0 Å². The highest BCUT2D eigenvalue weighted by Crippen LogP contribution is 2.30.